The Bertz CT molecular complexity index is 3250. The van der Waals surface area contributed by atoms with Crippen LogP contribution >= 0.6 is 34.0 Å². The Labute approximate surface area is 800 Å². The van der Waals surface area contributed by atoms with Gasteiger partial charge in [-0.3, -0.25) is 19.9 Å². The molecule has 0 saturated carbocycles. The summed E-state index contributed by atoms with van der Waals surface area (Å²) < 4.78 is 0. The molecule has 0 bridgehead atoms. The van der Waals surface area contributed by atoms with Crippen LogP contribution in [0.25, 0.3) is 0 Å². The highest BCUT2D eigenvalue weighted by molar-refractivity contribution is 7.12. The third-order valence-corrected chi connectivity index (χ3v) is 19.0. The van der Waals surface area contributed by atoms with Crippen LogP contribution in [0.3, 0.4) is 0 Å². The SMILES string of the molecule is C.C.C.C.C.C.C.C.CC.CC.CC.CC.CC.CC.CC.CC.Cc1ccc(C(C)C)cc1.Cc1ccc(C(C)C)cn1.Cc1ccc(C(C)C)nc1.Cc1ccc(C(C)C)nn1.Cc1cnc(C(C)C)cn1.Cc1cnc(C(C)C)nc1.Cc1nc(C(C)(C)C)cs1.Cc1nc(C(C)(C)C)sc1C.Cc1nc(C(C)(C)C)sc1C.Cc1ncc(C(C)C)cn1. The third kappa shape index (κ3) is 77.8. The zero-order valence-electron chi connectivity index (χ0n) is 85.5. The van der Waals surface area contributed by atoms with Crippen LogP contribution in [0.15, 0.2) is 116 Å². The number of nitrogens with zero attached hydrogens (tertiary/aromatic N) is 13. The fourth-order valence-corrected chi connectivity index (χ4v) is 10.5. The maximum Gasteiger partial charge on any atom is 0.130 e. The minimum atomic E-state index is 0. The molecule has 10 rings (SSSR count). The van der Waals surface area contributed by atoms with E-state index in [1.54, 1.807) is 17.5 Å². The zero-order chi connectivity index (χ0) is 94.0. The van der Waals surface area contributed by atoms with Gasteiger partial charge in [0.2, 0.25) is 0 Å². The number of aryl methyl sites for hydroxylation is 12. The van der Waals surface area contributed by atoms with Crippen molar-refractivity contribution < 1.29 is 0 Å². The molecule has 0 aliphatic carbocycles. The van der Waals surface area contributed by atoms with Crippen molar-refractivity contribution in [1.29, 1.82) is 0 Å². The van der Waals surface area contributed by atoms with E-state index in [0.717, 1.165) is 50.7 Å². The molecule has 0 amide bonds. The van der Waals surface area contributed by atoms with Gasteiger partial charge in [0.15, 0.2) is 0 Å². The van der Waals surface area contributed by atoms with Crippen molar-refractivity contribution in [2.45, 2.75) is 470 Å². The molecule has 0 unspecified atom stereocenters. The highest BCUT2D eigenvalue weighted by Crippen LogP contribution is 2.30. The summed E-state index contributed by atoms with van der Waals surface area (Å²) in [6.45, 7) is 106. The van der Waals surface area contributed by atoms with Crippen LogP contribution in [-0.2, 0) is 16.2 Å². The Morgan fingerprint density at radius 2 is 0.603 bits per heavy atom. The normalized spacial score (nSPS) is 9.22. The Morgan fingerprint density at radius 3 is 0.857 bits per heavy atom. The van der Waals surface area contributed by atoms with E-state index in [1.807, 2.05) is 231 Å². The topological polar surface area (TPSA) is 168 Å². The van der Waals surface area contributed by atoms with Crippen LogP contribution in [0.2, 0.25) is 0 Å². The van der Waals surface area contributed by atoms with Gasteiger partial charge in [-0.05, 0) is 171 Å². The first-order valence-electron chi connectivity index (χ1n) is 44.1. The van der Waals surface area contributed by atoms with Gasteiger partial charge in [-0.1, -0.05) is 371 Å². The molecular weight excluding hydrogens is 1600 g/mol. The van der Waals surface area contributed by atoms with Crippen LogP contribution in [0, 0.1) is 83.1 Å². The van der Waals surface area contributed by atoms with Crippen LogP contribution in [-0.4, -0.2) is 65.0 Å². The van der Waals surface area contributed by atoms with E-state index in [0.29, 0.717) is 41.4 Å². The van der Waals surface area contributed by atoms with Crippen molar-refractivity contribution in [2.24, 2.45) is 0 Å². The largest absolute Gasteiger partial charge is 0.261 e. The van der Waals surface area contributed by atoms with E-state index in [-0.39, 0.29) is 75.7 Å². The molecule has 1 aromatic carbocycles. The summed E-state index contributed by atoms with van der Waals surface area (Å²) in [7, 11) is 0. The van der Waals surface area contributed by atoms with E-state index in [4.69, 9.17) is 0 Å². The lowest BCUT2D eigenvalue weighted by molar-refractivity contribution is 0.572. The third-order valence-electron chi connectivity index (χ3n) is 15.2. The molecule has 9 aromatic heterocycles. The number of rotatable bonds is 7. The molecule has 0 spiro atoms. The molecule has 0 aliphatic heterocycles. The molecule has 9 heterocycles. The molecule has 734 valence electrons. The average molecular weight is 1810 g/mol. The fourth-order valence-electron chi connectivity index (χ4n) is 7.71. The molecule has 0 saturated heterocycles. The van der Waals surface area contributed by atoms with Gasteiger partial charge in [0, 0.05) is 98.3 Å². The molecule has 0 atom stereocenters. The molecule has 0 aliphatic rings. The Hall–Kier alpha value is -7.27. The highest BCUT2D eigenvalue weighted by Gasteiger charge is 2.20. The quantitative estimate of drug-likeness (QED) is 0.148. The number of hydrogen-bond donors (Lipinski definition) is 0. The summed E-state index contributed by atoms with van der Waals surface area (Å²) in [4.78, 5) is 49.4. The fraction of sp³-hybridized carbons (Fsp3) is 0.627. The second-order valence-electron chi connectivity index (χ2n) is 31.2. The summed E-state index contributed by atoms with van der Waals surface area (Å²) in [6.07, 6.45) is 15.0. The average Bonchev–Trinajstić information content (AvgIpc) is 1.71. The van der Waals surface area contributed by atoms with Gasteiger partial charge >= 0.3 is 0 Å². The first-order valence-corrected chi connectivity index (χ1v) is 46.6. The molecule has 0 fully saturated rings. The second kappa shape index (κ2) is 91.1. The van der Waals surface area contributed by atoms with Gasteiger partial charge < -0.3 is 0 Å². The van der Waals surface area contributed by atoms with Crippen molar-refractivity contribution in [2.75, 3.05) is 0 Å². The summed E-state index contributed by atoms with van der Waals surface area (Å²) in [5, 5.41) is 13.8. The van der Waals surface area contributed by atoms with Crippen LogP contribution in [0.5, 0.6) is 0 Å². The van der Waals surface area contributed by atoms with E-state index in [9.17, 15) is 0 Å². The first kappa shape index (κ1) is 156. The predicted molar refractivity (Wildman–Crippen MR) is 586 cm³/mol. The van der Waals surface area contributed by atoms with Crippen LogP contribution < -0.4 is 0 Å². The predicted octanol–water partition coefficient (Wildman–Crippen LogP) is 37.9. The summed E-state index contributed by atoms with van der Waals surface area (Å²) in [5.74, 6) is 5.46. The molecule has 126 heavy (non-hydrogen) atoms. The lowest BCUT2D eigenvalue weighted by Crippen LogP contribution is -2.11. The van der Waals surface area contributed by atoms with Gasteiger partial charge in [-0.15, -0.1) is 34.0 Å². The minimum absolute atomic E-state index is 0. The number of thiazole rings is 3. The molecule has 0 N–H and O–H groups in total. The molecule has 13 nitrogen and oxygen atoms in total. The number of pyridine rings is 2. The van der Waals surface area contributed by atoms with Gasteiger partial charge in [-0.25, -0.2) is 34.9 Å². The van der Waals surface area contributed by atoms with E-state index in [1.165, 1.54) is 70.4 Å². The molecule has 0 radical (unpaired) electrons. The van der Waals surface area contributed by atoms with Crippen molar-refractivity contribution in [3.63, 3.8) is 0 Å². The van der Waals surface area contributed by atoms with Crippen molar-refractivity contribution in [1.82, 2.24) is 65.0 Å². The highest BCUT2D eigenvalue weighted by atomic mass is 32.1. The zero-order valence-corrected chi connectivity index (χ0v) is 88.0. The molecule has 16 heteroatoms. The lowest BCUT2D eigenvalue weighted by atomic mass is 9.93. The van der Waals surface area contributed by atoms with Crippen molar-refractivity contribution >= 4 is 34.0 Å². The summed E-state index contributed by atoms with van der Waals surface area (Å²) in [6, 6.07) is 21.1. The van der Waals surface area contributed by atoms with Gasteiger partial charge in [0.25, 0.3) is 0 Å². The van der Waals surface area contributed by atoms with Crippen molar-refractivity contribution in [3.8, 4) is 0 Å². The second-order valence-corrected chi connectivity index (χ2v) is 34.6. The Kier molecular flexibility index (Phi) is 113. The number of benzene rings is 1. The van der Waals surface area contributed by atoms with Gasteiger partial charge in [0.1, 0.15) is 11.6 Å². The summed E-state index contributed by atoms with van der Waals surface area (Å²) >= 11 is 5.34. The summed E-state index contributed by atoms with van der Waals surface area (Å²) in [5.41, 5.74) is 18.1. The molecular formula is C110H211N13S3. The first-order chi connectivity index (χ1) is 55.2. The standard InChI is InChI=1S/C10H14.2C9H15NS.2C9H13N.4C8H12N2.C8H13NS.8C2H6.8CH4/c1-8(2)10-6-4-9(3)5-7-10;2*1-6-7(2)11-8(10-6)9(3,4)5;1-7(2)9-5-4-8(3)10-6-9;1-7(2)9-5-4-8(3)6-10-9;1-6(2)8-4-9-7(3)10-5-8;1-6(2)8-5-9-7(3)4-10-8;1-6(2)8-9-4-7(3)5-10-8;1-6(2)8-5-4-7(3)9-10-8;1-6-9-7(5-10-6)8(2,3)4;8*1-2;;;;;;;;/h4-8H,1-3H3;2*1-5H3;2*4-7H,1-3H3;4*4-6H,1-3H3;5H,1-4H3;8*1-2H3;8*1H4. The van der Waals surface area contributed by atoms with E-state index >= 15 is 0 Å². The van der Waals surface area contributed by atoms with Gasteiger partial charge in [0.05, 0.1) is 54.9 Å². The van der Waals surface area contributed by atoms with E-state index < -0.39 is 0 Å². The maximum absolute atomic E-state index is 4.50. The van der Waals surface area contributed by atoms with Gasteiger partial charge in [-0.2, -0.15) is 10.2 Å². The Balaban J connectivity index is -0.0000000743. The van der Waals surface area contributed by atoms with Crippen LogP contribution in [0.4, 0.5) is 0 Å². The number of hydrogen-bond acceptors (Lipinski definition) is 16. The van der Waals surface area contributed by atoms with E-state index in [2.05, 4.69) is 320 Å². The maximum atomic E-state index is 4.50. The Morgan fingerprint density at radius 1 is 0.262 bits per heavy atom. The van der Waals surface area contributed by atoms with Crippen molar-refractivity contribution in [3.05, 3.63) is 237 Å². The smallest absolute Gasteiger partial charge is 0.130 e. The number of aromatic nitrogens is 13. The monoisotopic (exact) mass is 1810 g/mol. The van der Waals surface area contributed by atoms with Crippen LogP contribution in [0.1, 0.15) is 492 Å². The molecule has 10 aromatic rings. The lowest BCUT2D eigenvalue weighted by Gasteiger charge is -2.13. The minimum Gasteiger partial charge on any atom is -0.261 e.